The molecule has 3 rings (SSSR count). The van der Waals surface area contributed by atoms with E-state index < -0.39 is 22.5 Å². The van der Waals surface area contributed by atoms with Gasteiger partial charge in [0.1, 0.15) is 5.82 Å². The van der Waals surface area contributed by atoms with E-state index in [0.717, 1.165) is 16.6 Å². The van der Waals surface area contributed by atoms with E-state index in [-0.39, 0.29) is 22.4 Å². The molecule has 0 saturated carbocycles. The summed E-state index contributed by atoms with van der Waals surface area (Å²) in [6.07, 6.45) is -4.59. The van der Waals surface area contributed by atoms with Crippen LogP contribution >= 0.6 is 11.6 Å². The van der Waals surface area contributed by atoms with Crippen LogP contribution in [0.15, 0.2) is 16.9 Å². The number of nitrogens with zero attached hydrogens (tertiary/aromatic N) is 3. The van der Waals surface area contributed by atoms with Crippen LogP contribution in [-0.2, 0) is 6.18 Å². The SMILES string of the molecule is Cc1nc2c3cc(C(F)(F)F)c(Cl)cc3[nH]c(=O)n2n1. The minimum Gasteiger partial charge on any atom is -0.305 e. The van der Waals surface area contributed by atoms with Crippen LogP contribution < -0.4 is 5.69 Å². The van der Waals surface area contributed by atoms with E-state index >= 15 is 0 Å². The molecule has 0 aliphatic heterocycles. The number of aromatic amines is 1. The standard InChI is InChI=1S/C11H6ClF3N4O/c1-4-16-9-5-2-6(11(13,14)15)7(12)3-8(5)17-10(20)19(9)18-4/h2-3H,1H3,(H,17,20). The van der Waals surface area contributed by atoms with E-state index in [1.807, 2.05) is 0 Å². The molecule has 1 aromatic carbocycles. The monoisotopic (exact) mass is 302 g/mol. The zero-order valence-electron chi connectivity index (χ0n) is 9.92. The number of aromatic nitrogens is 4. The second kappa shape index (κ2) is 3.95. The lowest BCUT2D eigenvalue weighted by atomic mass is 10.1. The van der Waals surface area contributed by atoms with Gasteiger partial charge >= 0.3 is 11.9 Å². The Bertz CT molecular complexity index is 896. The molecule has 2 aromatic heterocycles. The quantitative estimate of drug-likeness (QED) is 0.694. The minimum absolute atomic E-state index is 0.0587. The second-order valence-corrected chi connectivity index (χ2v) is 4.61. The van der Waals surface area contributed by atoms with Gasteiger partial charge in [-0.15, -0.1) is 5.10 Å². The zero-order valence-corrected chi connectivity index (χ0v) is 10.7. The molecule has 0 spiro atoms. The molecule has 0 unspecified atom stereocenters. The summed E-state index contributed by atoms with van der Waals surface area (Å²) in [6, 6.07) is 1.92. The fourth-order valence-electron chi connectivity index (χ4n) is 1.98. The van der Waals surface area contributed by atoms with Crippen molar-refractivity contribution in [3.8, 4) is 0 Å². The number of benzene rings is 1. The third kappa shape index (κ3) is 1.83. The highest BCUT2D eigenvalue weighted by Crippen LogP contribution is 2.37. The lowest BCUT2D eigenvalue weighted by Gasteiger charge is -2.10. The van der Waals surface area contributed by atoms with Gasteiger partial charge in [0.15, 0.2) is 5.65 Å². The summed E-state index contributed by atoms with van der Waals surface area (Å²) in [6.45, 7) is 1.54. The number of halogens is 4. The normalized spacial score (nSPS) is 12.4. The first-order valence-electron chi connectivity index (χ1n) is 5.43. The summed E-state index contributed by atoms with van der Waals surface area (Å²) in [7, 11) is 0. The molecule has 0 bridgehead atoms. The fraction of sp³-hybridized carbons (Fsp3) is 0.182. The predicted molar refractivity (Wildman–Crippen MR) is 65.9 cm³/mol. The number of aryl methyl sites for hydroxylation is 1. The van der Waals surface area contributed by atoms with Crippen LogP contribution in [0.4, 0.5) is 13.2 Å². The summed E-state index contributed by atoms with van der Waals surface area (Å²) < 4.78 is 39.5. The molecule has 0 aliphatic carbocycles. The van der Waals surface area contributed by atoms with E-state index in [2.05, 4.69) is 15.1 Å². The highest BCUT2D eigenvalue weighted by molar-refractivity contribution is 6.32. The predicted octanol–water partition coefficient (Wildman–Crippen LogP) is 2.55. The molecule has 0 saturated heterocycles. The van der Waals surface area contributed by atoms with Gasteiger partial charge in [-0.2, -0.15) is 17.7 Å². The molecule has 5 nitrogen and oxygen atoms in total. The van der Waals surface area contributed by atoms with Gasteiger partial charge in [0.2, 0.25) is 0 Å². The van der Waals surface area contributed by atoms with Gasteiger partial charge in [-0.3, -0.25) is 0 Å². The zero-order chi connectivity index (χ0) is 14.7. The number of nitrogens with one attached hydrogen (secondary N) is 1. The molecule has 0 atom stereocenters. The molecule has 0 radical (unpaired) electrons. The number of fused-ring (bicyclic) bond motifs is 3. The Morgan fingerprint density at radius 1 is 1.35 bits per heavy atom. The summed E-state index contributed by atoms with van der Waals surface area (Å²) in [5.74, 6) is 0.284. The lowest BCUT2D eigenvalue weighted by Crippen LogP contribution is -2.18. The van der Waals surface area contributed by atoms with Gasteiger partial charge in [0.05, 0.1) is 16.1 Å². The molecule has 104 valence electrons. The number of H-pyrrole nitrogens is 1. The minimum atomic E-state index is -4.59. The maximum Gasteiger partial charge on any atom is 0.417 e. The van der Waals surface area contributed by atoms with E-state index in [0.29, 0.717) is 0 Å². The third-order valence-corrected chi connectivity index (χ3v) is 3.11. The first kappa shape index (κ1) is 12.9. The van der Waals surface area contributed by atoms with Gasteiger partial charge in [-0.25, -0.2) is 9.78 Å². The largest absolute Gasteiger partial charge is 0.417 e. The Balaban J connectivity index is 2.51. The Hall–Kier alpha value is -2.09. The molecule has 0 aliphatic rings. The summed E-state index contributed by atoms with van der Waals surface area (Å²) >= 11 is 5.61. The van der Waals surface area contributed by atoms with Crippen LogP contribution in [-0.4, -0.2) is 19.6 Å². The lowest BCUT2D eigenvalue weighted by molar-refractivity contribution is -0.137. The molecule has 2 heterocycles. The third-order valence-electron chi connectivity index (χ3n) is 2.80. The molecular formula is C11H6ClF3N4O. The van der Waals surface area contributed by atoms with Gasteiger partial charge in [0, 0.05) is 5.39 Å². The van der Waals surface area contributed by atoms with E-state index in [9.17, 15) is 18.0 Å². The average molecular weight is 303 g/mol. The Morgan fingerprint density at radius 2 is 2.05 bits per heavy atom. The van der Waals surface area contributed by atoms with Crippen molar-refractivity contribution < 1.29 is 13.2 Å². The van der Waals surface area contributed by atoms with Gasteiger partial charge in [0.25, 0.3) is 0 Å². The average Bonchev–Trinajstić information content (AvgIpc) is 2.69. The van der Waals surface area contributed by atoms with E-state index in [1.165, 1.54) is 0 Å². The highest BCUT2D eigenvalue weighted by atomic mass is 35.5. The van der Waals surface area contributed by atoms with Crippen LogP contribution in [0, 0.1) is 6.92 Å². The Labute approximate surface area is 114 Å². The second-order valence-electron chi connectivity index (χ2n) is 4.20. The van der Waals surface area contributed by atoms with Crippen LogP contribution in [0.5, 0.6) is 0 Å². The maximum atomic E-state index is 12.9. The van der Waals surface area contributed by atoms with Crippen LogP contribution in [0.1, 0.15) is 11.4 Å². The molecule has 1 N–H and O–H groups in total. The van der Waals surface area contributed by atoms with Crippen LogP contribution in [0.2, 0.25) is 5.02 Å². The molecule has 0 amide bonds. The van der Waals surface area contributed by atoms with Gasteiger partial charge < -0.3 is 4.98 Å². The fourth-order valence-corrected chi connectivity index (χ4v) is 2.25. The first-order chi connectivity index (χ1) is 9.27. The van der Waals surface area contributed by atoms with Crippen molar-refractivity contribution in [2.75, 3.05) is 0 Å². The van der Waals surface area contributed by atoms with Crippen molar-refractivity contribution in [3.63, 3.8) is 0 Å². The van der Waals surface area contributed by atoms with Gasteiger partial charge in [-0.05, 0) is 19.1 Å². The Kier molecular flexibility index (Phi) is 2.55. The van der Waals surface area contributed by atoms with E-state index in [1.54, 1.807) is 6.92 Å². The molecule has 3 aromatic rings. The number of hydrogen-bond donors (Lipinski definition) is 1. The topological polar surface area (TPSA) is 63.0 Å². The van der Waals surface area contributed by atoms with Gasteiger partial charge in [-0.1, -0.05) is 11.6 Å². The number of alkyl halides is 3. The maximum absolute atomic E-state index is 12.9. The van der Waals surface area contributed by atoms with Crippen LogP contribution in [0.25, 0.3) is 16.6 Å². The van der Waals surface area contributed by atoms with E-state index in [4.69, 9.17) is 11.6 Å². The highest BCUT2D eigenvalue weighted by Gasteiger charge is 2.34. The molecular weight excluding hydrogens is 297 g/mol. The molecule has 0 fully saturated rings. The smallest absolute Gasteiger partial charge is 0.305 e. The first-order valence-corrected chi connectivity index (χ1v) is 5.81. The Morgan fingerprint density at radius 3 is 2.70 bits per heavy atom. The van der Waals surface area contributed by atoms with Crippen molar-refractivity contribution in [1.29, 1.82) is 0 Å². The summed E-state index contributed by atoms with van der Waals surface area (Å²) in [5, 5.41) is 3.47. The van der Waals surface area contributed by atoms with Crippen molar-refractivity contribution in [2.45, 2.75) is 13.1 Å². The molecule has 9 heteroatoms. The molecule has 20 heavy (non-hydrogen) atoms. The van der Waals surface area contributed by atoms with Crippen molar-refractivity contribution >= 4 is 28.2 Å². The van der Waals surface area contributed by atoms with Crippen LogP contribution in [0.3, 0.4) is 0 Å². The number of rotatable bonds is 0. The van der Waals surface area contributed by atoms with Crippen molar-refractivity contribution in [2.24, 2.45) is 0 Å². The van der Waals surface area contributed by atoms with Crippen molar-refractivity contribution in [1.82, 2.24) is 19.6 Å². The summed E-state index contributed by atoms with van der Waals surface area (Å²) in [5.41, 5.74) is -1.35. The van der Waals surface area contributed by atoms with Crippen molar-refractivity contribution in [3.05, 3.63) is 39.0 Å². The number of hydrogen-bond acceptors (Lipinski definition) is 3. The summed E-state index contributed by atoms with van der Waals surface area (Å²) in [4.78, 5) is 18.1.